The fourth-order valence-electron chi connectivity index (χ4n) is 1.61. The smallest absolute Gasteiger partial charge is 0.396 e. The number of nitrogens with one attached hydrogen (secondary N) is 1. The van der Waals surface area contributed by atoms with E-state index in [0.29, 0.717) is 6.42 Å². The highest BCUT2D eigenvalue weighted by atomic mass is 79.9. The molecule has 0 saturated carbocycles. The van der Waals surface area contributed by atoms with E-state index in [1.54, 1.807) is 0 Å². The minimum absolute atomic E-state index is 0.0702. The molecule has 20 heavy (non-hydrogen) atoms. The number of rotatable bonds is 5. The first-order chi connectivity index (χ1) is 9.20. The number of carbonyl (C=O) groups excluding carboxylic acids is 1. The van der Waals surface area contributed by atoms with Crippen molar-refractivity contribution in [3.8, 4) is 0 Å². The molecule has 5 nitrogen and oxygen atoms in total. The van der Waals surface area contributed by atoms with Gasteiger partial charge in [-0.3, -0.25) is 9.48 Å². The Morgan fingerprint density at radius 1 is 1.55 bits per heavy atom. The van der Waals surface area contributed by atoms with Crippen molar-refractivity contribution in [2.24, 2.45) is 0 Å². The van der Waals surface area contributed by atoms with Gasteiger partial charge in [0.1, 0.15) is 6.04 Å². The molecule has 1 aromatic heterocycles. The summed E-state index contributed by atoms with van der Waals surface area (Å²) in [6.07, 6.45) is -4.20. The van der Waals surface area contributed by atoms with Gasteiger partial charge in [0, 0.05) is 13.2 Å². The van der Waals surface area contributed by atoms with Crippen LogP contribution in [0.15, 0.2) is 4.47 Å². The first kappa shape index (κ1) is 17.0. The lowest BCUT2D eigenvalue weighted by atomic mass is 10.3. The normalized spacial score (nSPS) is 13.3. The molecule has 0 aliphatic heterocycles. The van der Waals surface area contributed by atoms with Gasteiger partial charge in [0.25, 0.3) is 0 Å². The summed E-state index contributed by atoms with van der Waals surface area (Å²) >= 11 is 2.85. The number of amides is 1. The number of aliphatic hydroxyl groups is 1. The minimum Gasteiger partial charge on any atom is -0.396 e. The molecule has 1 amide bonds. The molecule has 0 bridgehead atoms. The summed E-state index contributed by atoms with van der Waals surface area (Å²) in [5.41, 5.74) is -0.827. The van der Waals surface area contributed by atoms with Gasteiger partial charge in [0.15, 0.2) is 5.69 Å². The van der Waals surface area contributed by atoms with Gasteiger partial charge in [-0.25, -0.2) is 0 Å². The Morgan fingerprint density at radius 3 is 2.60 bits per heavy atom. The minimum atomic E-state index is -4.58. The predicted molar refractivity (Wildman–Crippen MR) is 69.1 cm³/mol. The van der Waals surface area contributed by atoms with Crippen LogP contribution in [0.4, 0.5) is 13.2 Å². The number of hydrogen-bond donors (Lipinski definition) is 2. The van der Waals surface area contributed by atoms with Crippen LogP contribution in [0, 0.1) is 6.92 Å². The first-order valence-corrected chi connectivity index (χ1v) is 6.69. The maximum absolute atomic E-state index is 12.7. The van der Waals surface area contributed by atoms with Gasteiger partial charge in [0.2, 0.25) is 5.91 Å². The second-order valence-corrected chi connectivity index (χ2v) is 5.03. The topological polar surface area (TPSA) is 67.2 Å². The lowest BCUT2D eigenvalue weighted by molar-refractivity contribution is -0.142. The lowest BCUT2D eigenvalue weighted by Gasteiger charge is -2.14. The number of alkyl halides is 3. The van der Waals surface area contributed by atoms with Gasteiger partial charge in [0.05, 0.1) is 10.2 Å². The summed E-state index contributed by atoms with van der Waals surface area (Å²) in [4.78, 5) is 11.8. The Bertz CT molecular complexity index is 488. The molecule has 1 aromatic rings. The average Bonchev–Trinajstić information content (AvgIpc) is 2.65. The molecule has 0 aliphatic carbocycles. The van der Waals surface area contributed by atoms with Crippen LogP contribution in [0.25, 0.3) is 0 Å². The van der Waals surface area contributed by atoms with Crippen molar-refractivity contribution < 1.29 is 23.1 Å². The second kappa shape index (κ2) is 6.57. The largest absolute Gasteiger partial charge is 0.436 e. The molecule has 2 N–H and O–H groups in total. The maximum Gasteiger partial charge on any atom is 0.436 e. The molecule has 114 valence electrons. The third-order valence-corrected chi connectivity index (χ3v) is 3.68. The average molecular weight is 358 g/mol. The molecule has 0 saturated heterocycles. The lowest BCUT2D eigenvalue weighted by Crippen LogP contribution is -2.33. The molecular weight excluding hydrogens is 343 g/mol. The van der Waals surface area contributed by atoms with Gasteiger partial charge in [-0.2, -0.15) is 18.3 Å². The van der Waals surface area contributed by atoms with Crippen molar-refractivity contribution in [2.75, 3.05) is 13.2 Å². The molecule has 0 aromatic carbocycles. The van der Waals surface area contributed by atoms with Crippen LogP contribution >= 0.6 is 15.9 Å². The maximum atomic E-state index is 12.7. The fraction of sp³-hybridized carbons (Fsp3) is 0.636. The van der Waals surface area contributed by atoms with Gasteiger partial charge < -0.3 is 10.4 Å². The summed E-state index contributed by atoms with van der Waals surface area (Å²) < 4.78 is 39.0. The van der Waals surface area contributed by atoms with E-state index >= 15 is 0 Å². The standard InChI is InChI=1S/C11H15BrF3N3O2/c1-6-8(12)9(11(13,14)15)17-18(6)7(2)10(20)16-4-3-5-19/h7,19H,3-5H2,1-2H3,(H,16,20)/t7-/m1/s1. The van der Waals surface area contributed by atoms with Crippen molar-refractivity contribution in [2.45, 2.75) is 32.5 Å². The van der Waals surface area contributed by atoms with Crippen LogP contribution in [-0.2, 0) is 11.0 Å². The molecule has 1 rings (SSSR count). The molecule has 0 fully saturated rings. The number of aliphatic hydroxyl groups excluding tert-OH is 1. The molecule has 0 aliphatic rings. The van der Waals surface area contributed by atoms with Crippen molar-refractivity contribution >= 4 is 21.8 Å². The van der Waals surface area contributed by atoms with Gasteiger partial charge >= 0.3 is 6.18 Å². The number of aromatic nitrogens is 2. The SMILES string of the molecule is Cc1c(Br)c(C(F)(F)F)nn1[C@H](C)C(=O)NCCCO. The highest BCUT2D eigenvalue weighted by Crippen LogP contribution is 2.36. The zero-order valence-electron chi connectivity index (χ0n) is 11.0. The summed E-state index contributed by atoms with van der Waals surface area (Å²) in [6, 6.07) is -0.874. The van der Waals surface area contributed by atoms with Crippen molar-refractivity contribution in [3.63, 3.8) is 0 Å². The fourth-order valence-corrected chi connectivity index (χ4v) is 2.09. The summed E-state index contributed by atoms with van der Waals surface area (Å²) in [6.45, 7) is 3.09. The Morgan fingerprint density at radius 2 is 2.15 bits per heavy atom. The number of hydrogen-bond acceptors (Lipinski definition) is 3. The van der Waals surface area contributed by atoms with E-state index in [1.165, 1.54) is 13.8 Å². The van der Waals surface area contributed by atoms with Crippen molar-refractivity contribution in [1.82, 2.24) is 15.1 Å². The summed E-state index contributed by atoms with van der Waals surface area (Å²) in [5, 5.41) is 14.6. The van der Waals surface area contributed by atoms with E-state index in [2.05, 4.69) is 26.3 Å². The van der Waals surface area contributed by atoms with Crippen LogP contribution in [0.5, 0.6) is 0 Å². The van der Waals surface area contributed by atoms with E-state index in [-0.39, 0.29) is 23.3 Å². The molecular formula is C11H15BrF3N3O2. The molecule has 1 atom stereocenters. The van der Waals surface area contributed by atoms with E-state index in [9.17, 15) is 18.0 Å². The Labute approximate surface area is 122 Å². The summed E-state index contributed by atoms with van der Waals surface area (Å²) in [5.74, 6) is -0.453. The number of carbonyl (C=O) groups is 1. The third kappa shape index (κ3) is 3.72. The van der Waals surface area contributed by atoms with E-state index in [1.807, 2.05) is 0 Å². The van der Waals surface area contributed by atoms with Crippen LogP contribution in [0.2, 0.25) is 0 Å². The number of nitrogens with zero attached hydrogens (tertiary/aromatic N) is 2. The molecule has 0 unspecified atom stereocenters. The predicted octanol–water partition coefficient (Wildman–Crippen LogP) is 2.03. The van der Waals surface area contributed by atoms with Crippen LogP contribution in [0.3, 0.4) is 0 Å². The molecule has 0 radical (unpaired) electrons. The zero-order chi connectivity index (χ0) is 15.5. The van der Waals surface area contributed by atoms with Crippen LogP contribution < -0.4 is 5.32 Å². The summed E-state index contributed by atoms with van der Waals surface area (Å²) in [7, 11) is 0. The van der Waals surface area contributed by atoms with E-state index in [4.69, 9.17) is 5.11 Å². The second-order valence-electron chi connectivity index (χ2n) is 4.23. The highest BCUT2D eigenvalue weighted by molar-refractivity contribution is 9.10. The molecule has 0 spiro atoms. The highest BCUT2D eigenvalue weighted by Gasteiger charge is 2.38. The third-order valence-electron chi connectivity index (χ3n) is 2.73. The number of halogens is 4. The van der Waals surface area contributed by atoms with Crippen LogP contribution in [0.1, 0.15) is 30.8 Å². The Kier molecular flexibility index (Phi) is 5.58. The van der Waals surface area contributed by atoms with Crippen molar-refractivity contribution in [3.05, 3.63) is 15.9 Å². The monoisotopic (exact) mass is 357 g/mol. The molecule has 9 heteroatoms. The Balaban J connectivity index is 2.94. The van der Waals surface area contributed by atoms with Gasteiger partial charge in [-0.15, -0.1) is 0 Å². The van der Waals surface area contributed by atoms with E-state index < -0.39 is 23.8 Å². The molecule has 1 heterocycles. The quantitative estimate of drug-likeness (QED) is 0.792. The Hall–Kier alpha value is -1.09. The van der Waals surface area contributed by atoms with Crippen molar-refractivity contribution in [1.29, 1.82) is 0 Å². The van der Waals surface area contributed by atoms with Crippen LogP contribution in [-0.4, -0.2) is 33.9 Å². The zero-order valence-corrected chi connectivity index (χ0v) is 12.5. The van der Waals surface area contributed by atoms with Gasteiger partial charge in [-0.05, 0) is 36.2 Å². The first-order valence-electron chi connectivity index (χ1n) is 5.90. The van der Waals surface area contributed by atoms with E-state index in [0.717, 1.165) is 4.68 Å². The van der Waals surface area contributed by atoms with Gasteiger partial charge in [-0.1, -0.05) is 0 Å².